The van der Waals surface area contributed by atoms with Crippen molar-refractivity contribution < 1.29 is 0 Å². The van der Waals surface area contributed by atoms with Crippen molar-refractivity contribution in [2.75, 3.05) is 13.6 Å². The molecule has 0 aliphatic carbocycles. The molecule has 1 unspecified atom stereocenters. The summed E-state index contributed by atoms with van der Waals surface area (Å²) in [5, 5.41) is 3.28. The van der Waals surface area contributed by atoms with Crippen LogP contribution in [-0.2, 0) is 6.42 Å². The lowest BCUT2D eigenvalue weighted by Gasteiger charge is -2.18. The summed E-state index contributed by atoms with van der Waals surface area (Å²) in [6.07, 6.45) is 4.72. The highest BCUT2D eigenvalue weighted by Crippen LogP contribution is 2.27. The normalized spacial score (nSPS) is 12.4. The number of halogens is 2. The van der Waals surface area contributed by atoms with Crippen molar-refractivity contribution in [1.82, 2.24) is 10.3 Å². The van der Waals surface area contributed by atoms with Crippen molar-refractivity contribution in [3.63, 3.8) is 0 Å². The maximum atomic E-state index is 4.23. The molecule has 0 saturated heterocycles. The van der Waals surface area contributed by atoms with Gasteiger partial charge in [-0.3, -0.25) is 4.98 Å². The number of hydrogen-bond acceptors (Lipinski definition) is 2. The average Bonchev–Trinajstić information content (AvgIpc) is 2.39. The van der Waals surface area contributed by atoms with Gasteiger partial charge >= 0.3 is 0 Å². The minimum absolute atomic E-state index is 0.427. The summed E-state index contributed by atoms with van der Waals surface area (Å²) in [5.74, 6) is 0.427. The van der Waals surface area contributed by atoms with Crippen LogP contribution in [0.3, 0.4) is 0 Å². The van der Waals surface area contributed by atoms with E-state index < -0.39 is 0 Å². The SMILES string of the molecule is CNCC(Cc1cncc(Br)c1)c1ccccc1Br. The second-order valence-corrected chi connectivity index (χ2v) is 6.26. The van der Waals surface area contributed by atoms with Crippen molar-refractivity contribution in [2.24, 2.45) is 0 Å². The van der Waals surface area contributed by atoms with Crippen molar-refractivity contribution in [3.05, 3.63) is 62.8 Å². The molecule has 2 rings (SSSR count). The first-order chi connectivity index (χ1) is 9.20. The molecule has 1 heterocycles. The molecule has 0 spiro atoms. The molecule has 0 saturated carbocycles. The molecule has 0 aliphatic heterocycles. The van der Waals surface area contributed by atoms with E-state index in [1.165, 1.54) is 15.6 Å². The first-order valence-electron chi connectivity index (χ1n) is 6.19. The number of benzene rings is 1. The molecular formula is C15H16Br2N2. The molecule has 1 aromatic heterocycles. The van der Waals surface area contributed by atoms with Gasteiger partial charge in [0.2, 0.25) is 0 Å². The molecule has 19 heavy (non-hydrogen) atoms. The van der Waals surface area contributed by atoms with E-state index in [0.29, 0.717) is 5.92 Å². The van der Waals surface area contributed by atoms with Crippen LogP contribution in [-0.4, -0.2) is 18.6 Å². The predicted molar refractivity (Wildman–Crippen MR) is 86.5 cm³/mol. The van der Waals surface area contributed by atoms with Gasteiger partial charge in [-0.2, -0.15) is 0 Å². The summed E-state index contributed by atoms with van der Waals surface area (Å²) in [6.45, 7) is 0.940. The Morgan fingerprint density at radius 2 is 2.00 bits per heavy atom. The fraction of sp³-hybridized carbons (Fsp3) is 0.267. The van der Waals surface area contributed by atoms with E-state index in [4.69, 9.17) is 0 Å². The van der Waals surface area contributed by atoms with Gasteiger partial charge in [0.1, 0.15) is 0 Å². The number of likely N-dealkylation sites (N-methyl/N-ethyl adjacent to an activating group) is 1. The van der Waals surface area contributed by atoms with Gasteiger partial charge in [-0.25, -0.2) is 0 Å². The number of nitrogens with one attached hydrogen (secondary N) is 1. The molecule has 100 valence electrons. The van der Waals surface area contributed by atoms with Crippen LogP contribution in [0.1, 0.15) is 17.0 Å². The van der Waals surface area contributed by atoms with Crippen molar-refractivity contribution in [2.45, 2.75) is 12.3 Å². The Morgan fingerprint density at radius 3 is 2.68 bits per heavy atom. The fourth-order valence-electron chi connectivity index (χ4n) is 2.20. The number of pyridine rings is 1. The second kappa shape index (κ2) is 7.17. The standard InChI is InChI=1S/C15H16Br2N2/c1-18-9-12(14-4-2-3-5-15(14)17)6-11-7-13(16)10-19-8-11/h2-5,7-8,10,12,18H,6,9H2,1H3. The molecule has 0 radical (unpaired) electrons. The highest BCUT2D eigenvalue weighted by Gasteiger charge is 2.14. The minimum Gasteiger partial charge on any atom is -0.319 e. The third-order valence-electron chi connectivity index (χ3n) is 3.04. The van der Waals surface area contributed by atoms with Gasteiger partial charge < -0.3 is 5.32 Å². The van der Waals surface area contributed by atoms with E-state index >= 15 is 0 Å². The topological polar surface area (TPSA) is 24.9 Å². The monoisotopic (exact) mass is 382 g/mol. The Hall–Kier alpha value is -0.710. The molecule has 1 aromatic carbocycles. The third-order valence-corrected chi connectivity index (χ3v) is 4.20. The largest absolute Gasteiger partial charge is 0.319 e. The Kier molecular flexibility index (Phi) is 5.55. The van der Waals surface area contributed by atoms with E-state index in [2.05, 4.69) is 66.4 Å². The zero-order chi connectivity index (χ0) is 13.7. The van der Waals surface area contributed by atoms with E-state index in [-0.39, 0.29) is 0 Å². The fourth-order valence-corrected chi connectivity index (χ4v) is 3.22. The Balaban J connectivity index is 2.24. The van der Waals surface area contributed by atoms with Crippen LogP contribution < -0.4 is 5.32 Å². The summed E-state index contributed by atoms with van der Waals surface area (Å²) in [7, 11) is 1.99. The number of nitrogens with zero attached hydrogens (tertiary/aromatic N) is 1. The summed E-state index contributed by atoms with van der Waals surface area (Å²) < 4.78 is 2.19. The van der Waals surface area contributed by atoms with Gasteiger partial charge in [0.05, 0.1) is 0 Å². The lowest BCUT2D eigenvalue weighted by atomic mass is 9.92. The zero-order valence-corrected chi connectivity index (χ0v) is 13.9. The molecule has 0 bridgehead atoms. The van der Waals surface area contributed by atoms with Gasteiger partial charge in [-0.05, 0) is 52.7 Å². The summed E-state index contributed by atoms with van der Waals surface area (Å²) in [4.78, 5) is 4.23. The van der Waals surface area contributed by atoms with Crippen LogP contribution in [0.2, 0.25) is 0 Å². The molecule has 2 nitrogen and oxygen atoms in total. The Morgan fingerprint density at radius 1 is 1.21 bits per heavy atom. The average molecular weight is 384 g/mol. The van der Waals surface area contributed by atoms with Crippen LogP contribution in [0, 0.1) is 0 Å². The quantitative estimate of drug-likeness (QED) is 0.838. The molecule has 1 atom stereocenters. The highest BCUT2D eigenvalue weighted by atomic mass is 79.9. The number of hydrogen-bond donors (Lipinski definition) is 1. The lowest BCUT2D eigenvalue weighted by molar-refractivity contribution is 0.622. The van der Waals surface area contributed by atoms with Crippen LogP contribution in [0.5, 0.6) is 0 Å². The molecule has 4 heteroatoms. The van der Waals surface area contributed by atoms with E-state index in [1.807, 2.05) is 25.5 Å². The van der Waals surface area contributed by atoms with E-state index in [1.54, 1.807) is 0 Å². The van der Waals surface area contributed by atoms with Gasteiger partial charge in [0.25, 0.3) is 0 Å². The van der Waals surface area contributed by atoms with E-state index in [0.717, 1.165) is 17.4 Å². The maximum absolute atomic E-state index is 4.23. The van der Waals surface area contributed by atoms with Crippen molar-refractivity contribution >= 4 is 31.9 Å². The number of rotatable bonds is 5. The first-order valence-corrected chi connectivity index (χ1v) is 7.77. The molecule has 0 amide bonds. The third kappa shape index (κ3) is 4.13. The van der Waals surface area contributed by atoms with Gasteiger partial charge in [0.15, 0.2) is 0 Å². The summed E-state index contributed by atoms with van der Waals surface area (Å²) >= 11 is 7.12. The summed E-state index contributed by atoms with van der Waals surface area (Å²) in [5.41, 5.74) is 2.57. The van der Waals surface area contributed by atoms with Crippen LogP contribution >= 0.6 is 31.9 Å². The molecule has 0 aliphatic rings. The van der Waals surface area contributed by atoms with Crippen LogP contribution in [0.4, 0.5) is 0 Å². The van der Waals surface area contributed by atoms with Crippen molar-refractivity contribution in [1.29, 1.82) is 0 Å². The molecule has 0 fully saturated rings. The smallest absolute Gasteiger partial charge is 0.0410 e. The minimum atomic E-state index is 0.427. The van der Waals surface area contributed by atoms with Gasteiger partial charge in [-0.1, -0.05) is 34.1 Å². The second-order valence-electron chi connectivity index (χ2n) is 4.49. The van der Waals surface area contributed by atoms with Crippen LogP contribution in [0.25, 0.3) is 0 Å². The van der Waals surface area contributed by atoms with E-state index in [9.17, 15) is 0 Å². The Labute approximate surface area is 130 Å². The Bertz CT molecular complexity index is 543. The number of aromatic nitrogens is 1. The first kappa shape index (κ1) is 14.7. The molecular weight excluding hydrogens is 368 g/mol. The van der Waals surface area contributed by atoms with Crippen molar-refractivity contribution in [3.8, 4) is 0 Å². The van der Waals surface area contributed by atoms with Gasteiger partial charge in [-0.15, -0.1) is 0 Å². The lowest BCUT2D eigenvalue weighted by Crippen LogP contribution is -2.19. The zero-order valence-electron chi connectivity index (χ0n) is 10.7. The summed E-state index contributed by atoms with van der Waals surface area (Å²) in [6, 6.07) is 10.5. The maximum Gasteiger partial charge on any atom is 0.0410 e. The molecule has 2 aromatic rings. The molecule has 1 N–H and O–H groups in total. The van der Waals surface area contributed by atoms with Crippen LogP contribution in [0.15, 0.2) is 51.7 Å². The highest BCUT2D eigenvalue weighted by molar-refractivity contribution is 9.10. The van der Waals surface area contributed by atoms with Gasteiger partial charge in [0, 0.05) is 33.8 Å². The predicted octanol–water partition coefficient (Wildman–Crippen LogP) is 4.15.